The average Bonchev–Trinajstić information content (AvgIpc) is 2.78. The fraction of sp³-hybridized carbons (Fsp3) is 0.750. The third-order valence-corrected chi connectivity index (χ3v) is 3.27. The second-order valence-corrected chi connectivity index (χ2v) is 4.53. The Morgan fingerprint density at radius 2 is 2.20 bits per heavy atom. The molecule has 0 spiro atoms. The predicted molar refractivity (Wildman–Crippen MR) is 57.8 cm³/mol. The van der Waals surface area contributed by atoms with Gasteiger partial charge in [-0.25, -0.2) is 4.98 Å². The first kappa shape index (κ1) is 10.7. The molecule has 1 fully saturated rings. The molecule has 3 nitrogen and oxygen atoms in total. The number of aliphatic hydroxyl groups excluding tert-OH is 1. The summed E-state index contributed by atoms with van der Waals surface area (Å²) in [5.41, 5.74) is 0.887. The molecule has 0 bridgehead atoms. The van der Waals surface area contributed by atoms with Crippen LogP contribution >= 0.6 is 0 Å². The molecule has 1 aliphatic rings. The highest BCUT2D eigenvalue weighted by Crippen LogP contribution is 2.32. The van der Waals surface area contributed by atoms with E-state index in [9.17, 15) is 0 Å². The quantitative estimate of drug-likeness (QED) is 0.832. The minimum atomic E-state index is 0.0890. The molecule has 15 heavy (non-hydrogen) atoms. The van der Waals surface area contributed by atoms with Gasteiger partial charge >= 0.3 is 0 Å². The Hall–Kier alpha value is -0.830. The van der Waals surface area contributed by atoms with E-state index < -0.39 is 0 Å². The van der Waals surface area contributed by atoms with Gasteiger partial charge in [-0.3, -0.25) is 0 Å². The van der Waals surface area contributed by atoms with E-state index in [1.54, 1.807) is 6.26 Å². The number of nitrogens with zero attached hydrogens (tertiary/aromatic N) is 1. The number of hydrogen-bond donors (Lipinski definition) is 1. The van der Waals surface area contributed by atoms with E-state index in [0.717, 1.165) is 11.6 Å². The molecule has 1 N–H and O–H groups in total. The van der Waals surface area contributed by atoms with Gasteiger partial charge in [0.2, 0.25) is 0 Å². The van der Waals surface area contributed by atoms with Crippen molar-refractivity contribution < 1.29 is 9.52 Å². The van der Waals surface area contributed by atoms with Crippen LogP contribution in [-0.2, 0) is 0 Å². The summed E-state index contributed by atoms with van der Waals surface area (Å²) in [6, 6.07) is 0. The predicted octanol–water partition coefficient (Wildman–Crippen LogP) is 2.82. The Bertz CT molecular complexity index is 302. The Morgan fingerprint density at radius 3 is 2.87 bits per heavy atom. The fourth-order valence-corrected chi connectivity index (χ4v) is 2.16. The summed E-state index contributed by atoms with van der Waals surface area (Å²) in [6.07, 6.45) is 8.03. The zero-order valence-corrected chi connectivity index (χ0v) is 9.28. The summed E-state index contributed by atoms with van der Waals surface area (Å²) in [5, 5.41) is 9.03. The van der Waals surface area contributed by atoms with E-state index in [2.05, 4.69) is 4.98 Å². The van der Waals surface area contributed by atoms with E-state index in [4.69, 9.17) is 9.52 Å². The van der Waals surface area contributed by atoms with Crippen molar-refractivity contribution in [3.05, 3.63) is 17.8 Å². The van der Waals surface area contributed by atoms with Gasteiger partial charge in [-0.2, -0.15) is 0 Å². The van der Waals surface area contributed by atoms with Gasteiger partial charge in [0.25, 0.3) is 0 Å². The standard InChI is InChI=1S/C12H19NO2/c1-9(7-14)11-8-15-12(13-11)10-5-3-2-4-6-10/h8-10,14H,2-7H2,1H3. The molecule has 1 atom stereocenters. The third kappa shape index (κ3) is 2.40. The van der Waals surface area contributed by atoms with Gasteiger partial charge in [-0.05, 0) is 12.8 Å². The van der Waals surface area contributed by atoms with Gasteiger partial charge in [-0.1, -0.05) is 26.2 Å². The van der Waals surface area contributed by atoms with Gasteiger partial charge < -0.3 is 9.52 Å². The summed E-state index contributed by atoms with van der Waals surface area (Å²) in [6.45, 7) is 2.10. The molecule has 0 amide bonds. The number of oxazole rings is 1. The molecule has 1 saturated carbocycles. The van der Waals surface area contributed by atoms with Crippen LogP contribution in [0.4, 0.5) is 0 Å². The SMILES string of the molecule is CC(CO)c1coc(C2CCCCC2)n1. The lowest BCUT2D eigenvalue weighted by molar-refractivity contribution is 0.271. The Labute approximate surface area is 90.5 Å². The van der Waals surface area contributed by atoms with E-state index in [1.807, 2.05) is 6.92 Å². The zero-order chi connectivity index (χ0) is 10.7. The molecular weight excluding hydrogens is 190 g/mol. The van der Waals surface area contributed by atoms with Crippen LogP contribution in [0.25, 0.3) is 0 Å². The third-order valence-electron chi connectivity index (χ3n) is 3.27. The molecule has 3 heteroatoms. The first-order valence-corrected chi connectivity index (χ1v) is 5.87. The van der Waals surface area contributed by atoms with Crippen LogP contribution in [0.3, 0.4) is 0 Å². The number of rotatable bonds is 3. The van der Waals surface area contributed by atoms with Gasteiger partial charge in [0.15, 0.2) is 5.89 Å². The van der Waals surface area contributed by atoms with Gasteiger partial charge in [0.1, 0.15) is 6.26 Å². The highest BCUT2D eigenvalue weighted by atomic mass is 16.3. The van der Waals surface area contributed by atoms with Crippen molar-refractivity contribution in [2.24, 2.45) is 0 Å². The lowest BCUT2D eigenvalue weighted by Crippen LogP contribution is -2.05. The molecule has 0 saturated heterocycles. The summed E-state index contributed by atoms with van der Waals surface area (Å²) >= 11 is 0. The Morgan fingerprint density at radius 1 is 1.47 bits per heavy atom. The van der Waals surface area contributed by atoms with Crippen molar-refractivity contribution >= 4 is 0 Å². The highest BCUT2D eigenvalue weighted by Gasteiger charge is 2.21. The van der Waals surface area contributed by atoms with E-state index in [0.29, 0.717) is 5.92 Å². The highest BCUT2D eigenvalue weighted by molar-refractivity contribution is 5.06. The first-order chi connectivity index (χ1) is 7.31. The van der Waals surface area contributed by atoms with Gasteiger partial charge in [0, 0.05) is 11.8 Å². The van der Waals surface area contributed by atoms with E-state index in [1.165, 1.54) is 32.1 Å². The monoisotopic (exact) mass is 209 g/mol. The largest absolute Gasteiger partial charge is 0.448 e. The molecule has 0 aromatic carbocycles. The maximum absolute atomic E-state index is 9.03. The minimum absolute atomic E-state index is 0.0890. The van der Waals surface area contributed by atoms with Crippen LogP contribution in [-0.4, -0.2) is 16.7 Å². The lowest BCUT2D eigenvalue weighted by Gasteiger charge is -2.17. The fourth-order valence-electron chi connectivity index (χ4n) is 2.16. The van der Waals surface area contributed by atoms with Gasteiger partial charge in [0.05, 0.1) is 12.3 Å². The normalized spacial score (nSPS) is 20.4. The molecule has 1 aromatic rings. The molecule has 2 rings (SSSR count). The molecule has 1 heterocycles. The van der Waals surface area contributed by atoms with Crippen molar-refractivity contribution in [1.29, 1.82) is 0 Å². The summed E-state index contributed by atoms with van der Waals surface area (Å²) in [7, 11) is 0. The van der Waals surface area contributed by atoms with Crippen molar-refractivity contribution in [3.8, 4) is 0 Å². The second kappa shape index (κ2) is 4.79. The Kier molecular flexibility index (Phi) is 3.41. The van der Waals surface area contributed by atoms with E-state index in [-0.39, 0.29) is 12.5 Å². The van der Waals surface area contributed by atoms with Crippen LogP contribution in [0.1, 0.15) is 62.4 Å². The van der Waals surface area contributed by atoms with Crippen molar-refractivity contribution in [3.63, 3.8) is 0 Å². The van der Waals surface area contributed by atoms with Crippen molar-refractivity contribution in [2.75, 3.05) is 6.61 Å². The summed E-state index contributed by atoms with van der Waals surface area (Å²) < 4.78 is 5.50. The second-order valence-electron chi connectivity index (χ2n) is 4.53. The van der Waals surface area contributed by atoms with Crippen molar-refractivity contribution in [1.82, 2.24) is 4.98 Å². The zero-order valence-electron chi connectivity index (χ0n) is 9.28. The number of aromatic nitrogens is 1. The number of hydrogen-bond acceptors (Lipinski definition) is 3. The molecule has 0 aliphatic heterocycles. The Balaban J connectivity index is 2.05. The van der Waals surface area contributed by atoms with E-state index >= 15 is 0 Å². The molecule has 1 aromatic heterocycles. The molecule has 1 aliphatic carbocycles. The van der Waals surface area contributed by atoms with Crippen LogP contribution in [0.5, 0.6) is 0 Å². The van der Waals surface area contributed by atoms with Crippen LogP contribution in [0.15, 0.2) is 10.7 Å². The molecule has 84 valence electrons. The lowest BCUT2D eigenvalue weighted by atomic mass is 9.89. The van der Waals surface area contributed by atoms with Crippen LogP contribution in [0, 0.1) is 0 Å². The van der Waals surface area contributed by atoms with Crippen LogP contribution < -0.4 is 0 Å². The molecule has 0 radical (unpaired) electrons. The maximum Gasteiger partial charge on any atom is 0.197 e. The smallest absolute Gasteiger partial charge is 0.197 e. The number of aliphatic hydroxyl groups is 1. The van der Waals surface area contributed by atoms with Gasteiger partial charge in [-0.15, -0.1) is 0 Å². The molecular formula is C12H19NO2. The topological polar surface area (TPSA) is 46.3 Å². The van der Waals surface area contributed by atoms with Crippen LogP contribution in [0.2, 0.25) is 0 Å². The minimum Gasteiger partial charge on any atom is -0.448 e. The maximum atomic E-state index is 9.03. The average molecular weight is 209 g/mol. The first-order valence-electron chi connectivity index (χ1n) is 5.87. The summed E-state index contributed by atoms with van der Waals surface area (Å²) in [5.74, 6) is 1.48. The van der Waals surface area contributed by atoms with Crippen molar-refractivity contribution in [2.45, 2.75) is 50.9 Å². The molecule has 1 unspecified atom stereocenters. The summed E-state index contributed by atoms with van der Waals surface area (Å²) in [4.78, 5) is 4.48.